The van der Waals surface area contributed by atoms with E-state index < -0.39 is 12.1 Å². The summed E-state index contributed by atoms with van der Waals surface area (Å²) < 4.78 is 5.48. The van der Waals surface area contributed by atoms with Gasteiger partial charge in [0.1, 0.15) is 0 Å². The molecule has 0 saturated carbocycles. The standard InChI is InChI=1S/C72H141NO5/c1-3-5-7-9-11-13-15-17-18-19-35-38-41-44-48-52-56-60-64-70(75)69(68-74)73-71(76)65-61-57-53-49-45-42-39-36-33-31-29-27-25-23-21-20-22-24-26-28-30-32-34-37-40-43-47-51-55-59-63-67-78-72(77)66-62-58-54-50-46-16-14-12-10-8-6-4-2/h12,14,69-70,74-75H,3-11,13,15-68H2,1-2H3,(H,73,76)/b14-12-. The Morgan fingerprint density at radius 3 is 0.936 bits per heavy atom. The van der Waals surface area contributed by atoms with Crippen molar-refractivity contribution >= 4 is 11.9 Å². The third-order valence-corrected chi connectivity index (χ3v) is 17.1. The lowest BCUT2D eigenvalue weighted by Gasteiger charge is -2.22. The topological polar surface area (TPSA) is 95.9 Å². The van der Waals surface area contributed by atoms with Gasteiger partial charge in [-0.15, -0.1) is 0 Å². The number of carbonyl (C=O) groups excluding carboxylic acids is 2. The number of aliphatic hydroxyl groups is 2. The molecule has 0 aromatic rings. The lowest BCUT2D eigenvalue weighted by molar-refractivity contribution is -0.143. The molecule has 6 heteroatoms. The maximum Gasteiger partial charge on any atom is 0.305 e. The normalized spacial score (nSPS) is 12.5. The molecule has 0 aromatic heterocycles. The molecule has 0 bridgehead atoms. The molecule has 1 amide bonds. The van der Waals surface area contributed by atoms with E-state index in [4.69, 9.17) is 4.74 Å². The van der Waals surface area contributed by atoms with Gasteiger partial charge in [0.25, 0.3) is 0 Å². The van der Waals surface area contributed by atoms with Crippen molar-refractivity contribution in [1.29, 1.82) is 0 Å². The van der Waals surface area contributed by atoms with E-state index in [1.165, 1.54) is 334 Å². The summed E-state index contributed by atoms with van der Waals surface area (Å²) in [6.45, 7) is 4.97. The van der Waals surface area contributed by atoms with E-state index in [1.807, 2.05) is 0 Å². The van der Waals surface area contributed by atoms with Crippen LogP contribution in [0.1, 0.15) is 412 Å². The number of ether oxygens (including phenoxy) is 1. The summed E-state index contributed by atoms with van der Waals surface area (Å²) >= 11 is 0. The van der Waals surface area contributed by atoms with Gasteiger partial charge in [0, 0.05) is 12.8 Å². The van der Waals surface area contributed by atoms with Crippen LogP contribution in [0.3, 0.4) is 0 Å². The Labute approximate surface area is 489 Å². The number of nitrogens with one attached hydrogen (secondary N) is 1. The number of carbonyl (C=O) groups is 2. The van der Waals surface area contributed by atoms with Crippen molar-refractivity contribution in [1.82, 2.24) is 5.32 Å². The summed E-state index contributed by atoms with van der Waals surface area (Å²) in [7, 11) is 0. The first-order valence-corrected chi connectivity index (χ1v) is 35.9. The Morgan fingerprint density at radius 2 is 0.603 bits per heavy atom. The van der Waals surface area contributed by atoms with Crippen LogP contribution in [0, 0.1) is 0 Å². The molecule has 6 nitrogen and oxygen atoms in total. The van der Waals surface area contributed by atoms with Gasteiger partial charge in [-0.05, 0) is 51.4 Å². The van der Waals surface area contributed by atoms with Gasteiger partial charge in [-0.1, -0.05) is 360 Å². The highest BCUT2D eigenvalue weighted by atomic mass is 16.5. The monoisotopic (exact) mass is 1100 g/mol. The first kappa shape index (κ1) is 76.6. The average molecular weight is 1100 g/mol. The van der Waals surface area contributed by atoms with Crippen molar-refractivity contribution < 1.29 is 24.5 Å². The van der Waals surface area contributed by atoms with Gasteiger partial charge >= 0.3 is 5.97 Å². The minimum atomic E-state index is -0.661. The van der Waals surface area contributed by atoms with E-state index in [9.17, 15) is 19.8 Å². The fraction of sp³-hybridized carbons (Fsp3) is 0.944. The van der Waals surface area contributed by atoms with Gasteiger partial charge in [0.05, 0.1) is 25.4 Å². The Hall–Kier alpha value is -1.40. The van der Waals surface area contributed by atoms with Crippen molar-refractivity contribution in [2.75, 3.05) is 13.2 Å². The Balaban J connectivity index is 3.32. The van der Waals surface area contributed by atoms with Crippen molar-refractivity contribution in [3.8, 4) is 0 Å². The summed E-state index contributed by atoms with van der Waals surface area (Å²) in [6.07, 6.45) is 84.2. The molecule has 2 atom stereocenters. The van der Waals surface area contributed by atoms with Crippen LogP contribution in [0.25, 0.3) is 0 Å². The van der Waals surface area contributed by atoms with E-state index in [0.717, 1.165) is 44.9 Å². The molecule has 0 saturated heterocycles. The van der Waals surface area contributed by atoms with Crippen LogP contribution in [0.5, 0.6) is 0 Å². The summed E-state index contributed by atoms with van der Waals surface area (Å²) in [5.74, 6) is -0.0150. The van der Waals surface area contributed by atoms with E-state index in [1.54, 1.807) is 0 Å². The fourth-order valence-corrected chi connectivity index (χ4v) is 11.6. The zero-order valence-electron chi connectivity index (χ0n) is 53.2. The Morgan fingerprint density at radius 1 is 0.346 bits per heavy atom. The van der Waals surface area contributed by atoms with Gasteiger partial charge in [-0.25, -0.2) is 0 Å². The third kappa shape index (κ3) is 63.8. The van der Waals surface area contributed by atoms with Crippen LogP contribution in [0.4, 0.5) is 0 Å². The number of allylic oxidation sites excluding steroid dienone is 2. The minimum absolute atomic E-state index is 0.0114. The molecule has 0 aliphatic heterocycles. The van der Waals surface area contributed by atoms with Crippen LogP contribution >= 0.6 is 0 Å². The molecule has 0 spiro atoms. The molecular formula is C72H141NO5. The molecule has 0 radical (unpaired) electrons. The third-order valence-electron chi connectivity index (χ3n) is 17.1. The molecule has 0 heterocycles. The number of aliphatic hydroxyl groups excluding tert-OH is 2. The summed E-state index contributed by atoms with van der Waals surface area (Å²) in [4.78, 5) is 24.6. The average Bonchev–Trinajstić information content (AvgIpc) is 3.44. The molecule has 2 unspecified atom stereocenters. The van der Waals surface area contributed by atoms with E-state index >= 15 is 0 Å². The minimum Gasteiger partial charge on any atom is -0.466 e. The largest absolute Gasteiger partial charge is 0.466 e. The number of hydrogen-bond donors (Lipinski definition) is 3. The maximum atomic E-state index is 12.5. The first-order chi connectivity index (χ1) is 38.5. The van der Waals surface area contributed by atoms with Crippen molar-refractivity contribution in [2.24, 2.45) is 0 Å². The van der Waals surface area contributed by atoms with Crippen LogP contribution in [-0.4, -0.2) is 47.4 Å². The Bertz CT molecular complexity index is 1180. The predicted molar refractivity (Wildman–Crippen MR) is 343 cm³/mol. The van der Waals surface area contributed by atoms with E-state index in [0.29, 0.717) is 25.9 Å². The zero-order chi connectivity index (χ0) is 56.4. The molecule has 78 heavy (non-hydrogen) atoms. The smallest absolute Gasteiger partial charge is 0.305 e. The second-order valence-corrected chi connectivity index (χ2v) is 24.9. The van der Waals surface area contributed by atoms with Crippen LogP contribution in [-0.2, 0) is 14.3 Å². The van der Waals surface area contributed by atoms with Gasteiger partial charge in [0.15, 0.2) is 0 Å². The molecule has 0 aromatic carbocycles. The number of unbranched alkanes of at least 4 members (excludes halogenated alkanes) is 55. The lowest BCUT2D eigenvalue weighted by Crippen LogP contribution is -2.45. The van der Waals surface area contributed by atoms with Crippen LogP contribution < -0.4 is 5.32 Å². The SMILES string of the molecule is CCCCC/C=C\CCCCCCCC(=O)OCCCCCCCCCCCCCCCCCCCCCCCCCCCCCCCCCC(=O)NC(CO)C(O)CCCCCCCCCCCCCCCCCCCC. The molecule has 464 valence electrons. The second kappa shape index (κ2) is 68.1. The van der Waals surface area contributed by atoms with E-state index in [-0.39, 0.29) is 18.5 Å². The molecular weight excluding hydrogens is 959 g/mol. The molecule has 0 aliphatic carbocycles. The first-order valence-electron chi connectivity index (χ1n) is 35.9. The number of esters is 1. The molecule has 3 N–H and O–H groups in total. The number of amides is 1. The highest BCUT2D eigenvalue weighted by Gasteiger charge is 2.20. The van der Waals surface area contributed by atoms with Crippen molar-refractivity contribution in [3.63, 3.8) is 0 Å². The maximum absolute atomic E-state index is 12.5. The van der Waals surface area contributed by atoms with Gasteiger partial charge in [-0.2, -0.15) is 0 Å². The lowest BCUT2D eigenvalue weighted by atomic mass is 10.0. The summed E-state index contributed by atoms with van der Waals surface area (Å²) in [5, 5.41) is 23.4. The molecule has 0 fully saturated rings. The summed E-state index contributed by atoms with van der Waals surface area (Å²) in [5.41, 5.74) is 0. The van der Waals surface area contributed by atoms with Crippen molar-refractivity contribution in [3.05, 3.63) is 12.2 Å². The van der Waals surface area contributed by atoms with Crippen LogP contribution in [0.15, 0.2) is 12.2 Å². The Kier molecular flexibility index (Phi) is 66.9. The van der Waals surface area contributed by atoms with Crippen LogP contribution in [0.2, 0.25) is 0 Å². The predicted octanol–water partition coefficient (Wildman–Crippen LogP) is 23.1. The number of hydrogen-bond acceptors (Lipinski definition) is 5. The molecule has 0 rings (SSSR count). The van der Waals surface area contributed by atoms with E-state index in [2.05, 4.69) is 31.3 Å². The van der Waals surface area contributed by atoms with Gasteiger partial charge in [-0.3, -0.25) is 9.59 Å². The quantitative estimate of drug-likeness (QED) is 0.0320. The number of rotatable bonds is 68. The second-order valence-electron chi connectivity index (χ2n) is 24.9. The molecule has 0 aliphatic rings. The summed E-state index contributed by atoms with van der Waals surface area (Å²) in [6, 6.07) is -0.538. The fourth-order valence-electron chi connectivity index (χ4n) is 11.6. The highest BCUT2D eigenvalue weighted by molar-refractivity contribution is 5.76. The van der Waals surface area contributed by atoms with Crippen molar-refractivity contribution in [2.45, 2.75) is 424 Å². The van der Waals surface area contributed by atoms with Gasteiger partial charge in [0.2, 0.25) is 5.91 Å². The van der Waals surface area contributed by atoms with Gasteiger partial charge < -0.3 is 20.3 Å². The zero-order valence-corrected chi connectivity index (χ0v) is 53.2. The highest BCUT2D eigenvalue weighted by Crippen LogP contribution is 2.20.